The summed E-state index contributed by atoms with van der Waals surface area (Å²) < 4.78 is 8.45. The first-order chi connectivity index (χ1) is 12.4. The van der Waals surface area contributed by atoms with Crippen LogP contribution in [0, 0.1) is 0 Å². The molecule has 1 spiro atoms. The van der Waals surface area contributed by atoms with Gasteiger partial charge in [0.05, 0.1) is 6.54 Å². The van der Waals surface area contributed by atoms with Crippen molar-refractivity contribution in [3.63, 3.8) is 0 Å². The zero-order valence-electron chi connectivity index (χ0n) is 16.1. The minimum Gasteiger partial charge on any atom is -0.352 e. The van der Waals surface area contributed by atoms with E-state index in [1.807, 2.05) is 34.4 Å². The van der Waals surface area contributed by atoms with Crippen molar-refractivity contribution in [2.24, 2.45) is 0 Å². The second kappa shape index (κ2) is 7.26. The fourth-order valence-electron chi connectivity index (χ4n) is 3.95. The molecule has 1 aromatic heterocycles. The number of hydrogen-bond acceptors (Lipinski definition) is 4. The number of rotatable bonds is 3. The first kappa shape index (κ1) is 18.7. The minimum atomic E-state index is -0.599. The predicted octanol–water partition coefficient (Wildman–Crippen LogP) is 1.12. The molecule has 3 rings (SSSR count). The van der Waals surface area contributed by atoms with Gasteiger partial charge in [-0.3, -0.25) is 4.79 Å². The third kappa shape index (κ3) is 3.18. The van der Waals surface area contributed by atoms with Crippen LogP contribution in [0.5, 0.6) is 0 Å². The number of aromatic nitrogens is 2. The molecule has 1 atom stereocenters. The van der Waals surface area contributed by atoms with Crippen molar-refractivity contribution in [1.82, 2.24) is 24.3 Å². The number of urea groups is 1. The molecule has 8 nitrogen and oxygen atoms in total. The fraction of sp³-hybridized carbons (Fsp3) is 0.722. The van der Waals surface area contributed by atoms with E-state index in [1.165, 1.54) is 0 Å². The van der Waals surface area contributed by atoms with Gasteiger partial charge in [-0.15, -0.1) is 0 Å². The number of likely N-dealkylation sites (tertiary alicyclic amines) is 1. The first-order valence-corrected chi connectivity index (χ1v) is 9.36. The van der Waals surface area contributed by atoms with Crippen LogP contribution >= 0.6 is 0 Å². The van der Waals surface area contributed by atoms with E-state index in [4.69, 9.17) is 4.74 Å². The summed E-state index contributed by atoms with van der Waals surface area (Å²) in [5.41, 5.74) is -0.599. The Balaban J connectivity index is 1.81. The molecule has 26 heavy (non-hydrogen) atoms. The van der Waals surface area contributed by atoms with Gasteiger partial charge in [0, 0.05) is 65.5 Å². The van der Waals surface area contributed by atoms with Crippen molar-refractivity contribution in [2.75, 3.05) is 40.3 Å². The van der Waals surface area contributed by atoms with Gasteiger partial charge in [-0.25, -0.2) is 9.78 Å². The Hall–Kier alpha value is -2.09. The zero-order chi connectivity index (χ0) is 18.9. The Morgan fingerprint density at radius 2 is 1.92 bits per heavy atom. The molecule has 1 aromatic rings. The molecule has 3 amide bonds. The van der Waals surface area contributed by atoms with Crippen molar-refractivity contribution in [2.45, 2.75) is 44.9 Å². The highest BCUT2D eigenvalue weighted by Gasteiger charge is 2.48. The van der Waals surface area contributed by atoms with E-state index < -0.39 is 11.7 Å². The fourth-order valence-corrected chi connectivity index (χ4v) is 3.95. The maximum absolute atomic E-state index is 12.9. The normalized spacial score (nSPS) is 21.4. The van der Waals surface area contributed by atoms with E-state index in [-0.39, 0.29) is 11.9 Å². The molecule has 8 heteroatoms. The smallest absolute Gasteiger partial charge is 0.319 e. The highest BCUT2D eigenvalue weighted by molar-refractivity contribution is 5.81. The van der Waals surface area contributed by atoms with Crippen LogP contribution in [0.3, 0.4) is 0 Å². The number of hydrogen-bond donors (Lipinski definition) is 0. The van der Waals surface area contributed by atoms with Crippen LogP contribution in [-0.2, 0) is 21.7 Å². The van der Waals surface area contributed by atoms with Crippen LogP contribution in [0.25, 0.3) is 0 Å². The monoisotopic (exact) mass is 363 g/mol. The van der Waals surface area contributed by atoms with Gasteiger partial charge >= 0.3 is 6.03 Å². The van der Waals surface area contributed by atoms with Gasteiger partial charge < -0.3 is 24.0 Å². The topological polar surface area (TPSA) is 70.9 Å². The molecule has 0 bridgehead atoms. The van der Waals surface area contributed by atoms with E-state index in [1.54, 1.807) is 25.2 Å². The molecular weight excluding hydrogens is 334 g/mol. The highest BCUT2D eigenvalue weighted by Crippen LogP contribution is 2.40. The van der Waals surface area contributed by atoms with Crippen LogP contribution in [0.2, 0.25) is 0 Å². The molecule has 2 aliphatic rings. The average Bonchev–Trinajstić information content (AvgIpc) is 3.12. The molecule has 1 unspecified atom stereocenters. The number of carbonyl (C=O) groups excluding carboxylic acids is 2. The van der Waals surface area contributed by atoms with Gasteiger partial charge in [-0.1, -0.05) is 0 Å². The van der Waals surface area contributed by atoms with E-state index in [2.05, 4.69) is 4.98 Å². The van der Waals surface area contributed by atoms with Gasteiger partial charge in [-0.2, -0.15) is 0 Å². The molecule has 3 heterocycles. The van der Waals surface area contributed by atoms with E-state index in [9.17, 15) is 9.59 Å². The maximum Gasteiger partial charge on any atom is 0.319 e. The maximum atomic E-state index is 12.9. The van der Waals surface area contributed by atoms with Gasteiger partial charge in [-0.05, 0) is 13.8 Å². The lowest BCUT2D eigenvalue weighted by molar-refractivity contribution is -0.179. The highest BCUT2D eigenvalue weighted by atomic mass is 16.5. The second-order valence-corrected chi connectivity index (χ2v) is 7.18. The number of likely N-dealkylation sites (N-methyl/N-ethyl adjacent to an activating group) is 1. The molecule has 0 N–H and O–H groups in total. The molecule has 0 aromatic carbocycles. The van der Waals surface area contributed by atoms with Crippen LogP contribution in [0.4, 0.5) is 4.79 Å². The zero-order valence-corrected chi connectivity index (χ0v) is 16.1. The summed E-state index contributed by atoms with van der Waals surface area (Å²) in [7, 11) is 3.52. The molecular formula is C18H29N5O3. The second-order valence-electron chi connectivity index (χ2n) is 7.18. The third-order valence-corrected chi connectivity index (χ3v) is 5.43. The quantitative estimate of drug-likeness (QED) is 0.807. The number of imidazole rings is 1. The van der Waals surface area contributed by atoms with Crippen molar-refractivity contribution in [1.29, 1.82) is 0 Å². The SMILES string of the molecule is CCN(CC)C(=O)C1Cn2ccnc2C2(CCN(C(=O)N(C)C)CC2)O1. The Bertz CT molecular complexity index is 660. The molecule has 1 fully saturated rings. The summed E-state index contributed by atoms with van der Waals surface area (Å²) in [6, 6.07) is 0.00905. The summed E-state index contributed by atoms with van der Waals surface area (Å²) in [6.07, 6.45) is 4.46. The lowest BCUT2D eigenvalue weighted by Crippen LogP contribution is -2.56. The number of piperidine rings is 1. The minimum absolute atomic E-state index is 0.00905. The van der Waals surface area contributed by atoms with Crippen molar-refractivity contribution < 1.29 is 14.3 Å². The number of nitrogens with zero attached hydrogens (tertiary/aromatic N) is 5. The van der Waals surface area contributed by atoms with Gasteiger partial charge in [0.25, 0.3) is 5.91 Å². The average molecular weight is 363 g/mol. The van der Waals surface area contributed by atoms with Crippen molar-refractivity contribution >= 4 is 11.9 Å². The number of carbonyl (C=O) groups is 2. The third-order valence-electron chi connectivity index (χ3n) is 5.43. The van der Waals surface area contributed by atoms with Crippen LogP contribution < -0.4 is 0 Å². The first-order valence-electron chi connectivity index (χ1n) is 9.36. The number of ether oxygens (including phenoxy) is 1. The van der Waals surface area contributed by atoms with Gasteiger partial charge in [0.15, 0.2) is 6.10 Å². The molecule has 0 radical (unpaired) electrons. The molecule has 1 saturated heterocycles. The van der Waals surface area contributed by atoms with Crippen LogP contribution in [0.15, 0.2) is 12.4 Å². The van der Waals surface area contributed by atoms with Crippen molar-refractivity contribution in [3.05, 3.63) is 18.2 Å². The molecule has 0 saturated carbocycles. The van der Waals surface area contributed by atoms with Crippen molar-refractivity contribution in [3.8, 4) is 0 Å². The Kier molecular flexibility index (Phi) is 5.22. The summed E-state index contributed by atoms with van der Waals surface area (Å²) in [5.74, 6) is 0.901. The number of amides is 3. The van der Waals surface area contributed by atoms with Gasteiger partial charge in [0.2, 0.25) is 0 Å². The number of fused-ring (bicyclic) bond motifs is 2. The predicted molar refractivity (Wildman–Crippen MR) is 96.6 cm³/mol. The lowest BCUT2D eigenvalue weighted by Gasteiger charge is -2.46. The molecule has 2 aliphatic heterocycles. The summed E-state index contributed by atoms with van der Waals surface area (Å²) in [6.45, 7) is 6.98. The van der Waals surface area contributed by atoms with Crippen LogP contribution in [0.1, 0.15) is 32.5 Å². The summed E-state index contributed by atoms with van der Waals surface area (Å²) in [5, 5.41) is 0. The summed E-state index contributed by atoms with van der Waals surface area (Å²) in [4.78, 5) is 34.9. The van der Waals surface area contributed by atoms with E-state index in [0.29, 0.717) is 45.6 Å². The van der Waals surface area contributed by atoms with Gasteiger partial charge in [0.1, 0.15) is 11.4 Å². The standard InChI is InChI=1S/C18H29N5O3/c1-5-21(6-2)15(24)14-13-23-12-9-19-16(23)18(26-14)7-10-22(11-8-18)17(25)20(3)4/h9,12,14H,5-8,10-11,13H2,1-4H3. The molecule has 144 valence electrons. The lowest BCUT2D eigenvalue weighted by atomic mass is 9.88. The van der Waals surface area contributed by atoms with E-state index >= 15 is 0 Å². The largest absolute Gasteiger partial charge is 0.352 e. The van der Waals surface area contributed by atoms with Crippen LogP contribution in [-0.4, -0.2) is 82.6 Å². The Morgan fingerprint density at radius 1 is 1.27 bits per heavy atom. The Labute approximate surface area is 154 Å². The molecule has 0 aliphatic carbocycles. The summed E-state index contributed by atoms with van der Waals surface area (Å²) >= 11 is 0. The Morgan fingerprint density at radius 3 is 2.50 bits per heavy atom. The van der Waals surface area contributed by atoms with E-state index in [0.717, 1.165) is 5.82 Å².